The summed E-state index contributed by atoms with van der Waals surface area (Å²) in [5, 5.41) is 8.65. The van der Waals surface area contributed by atoms with Gasteiger partial charge in [0.05, 0.1) is 14.2 Å². The van der Waals surface area contributed by atoms with Gasteiger partial charge < -0.3 is 9.47 Å². The summed E-state index contributed by atoms with van der Waals surface area (Å²) in [7, 11) is 3.08. The largest absolute Gasteiger partial charge is 0.497 e. The predicted molar refractivity (Wildman–Crippen MR) is 84.4 cm³/mol. The van der Waals surface area contributed by atoms with Crippen molar-refractivity contribution < 1.29 is 14.3 Å². The Bertz CT molecular complexity index is 650. The molecule has 0 atom stereocenters. The maximum atomic E-state index is 12.4. The highest BCUT2D eigenvalue weighted by Crippen LogP contribution is 2.23. The van der Waals surface area contributed by atoms with E-state index in [1.54, 1.807) is 29.8 Å². The second-order valence-electron chi connectivity index (χ2n) is 4.34. The minimum atomic E-state index is -0.293. The van der Waals surface area contributed by atoms with E-state index < -0.39 is 0 Å². The minimum absolute atomic E-state index is 0.293. The van der Waals surface area contributed by atoms with Gasteiger partial charge in [-0.05, 0) is 24.8 Å². The Labute approximate surface area is 133 Å². The Hall–Kier alpha value is -2.22. The molecule has 1 aromatic heterocycles. The molecule has 2 aromatic rings. The number of aryl methyl sites for hydroxylation is 1. The van der Waals surface area contributed by atoms with Crippen molar-refractivity contribution >= 4 is 17.7 Å². The molecule has 1 aromatic carbocycles. The van der Waals surface area contributed by atoms with E-state index in [4.69, 9.17) is 9.47 Å². The van der Waals surface area contributed by atoms with E-state index in [-0.39, 0.29) is 5.91 Å². The maximum absolute atomic E-state index is 12.4. The van der Waals surface area contributed by atoms with Gasteiger partial charge in [-0.25, -0.2) is 4.68 Å². The minimum Gasteiger partial charge on any atom is -0.497 e. The summed E-state index contributed by atoms with van der Waals surface area (Å²) >= 11 is 1.50. The lowest BCUT2D eigenvalue weighted by atomic mass is 10.2. The van der Waals surface area contributed by atoms with Crippen LogP contribution in [0.3, 0.4) is 0 Å². The van der Waals surface area contributed by atoms with Gasteiger partial charge in [-0.1, -0.05) is 18.7 Å². The Kier molecular flexibility index (Phi) is 5.26. The molecule has 7 nitrogen and oxygen atoms in total. The quantitative estimate of drug-likeness (QED) is 0.821. The summed E-state index contributed by atoms with van der Waals surface area (Å²) in [5.74, 6) is 2.25. The Morgan fingerprint density at radius 2 is 1.86 bits per heavy atom. The summed E-state index contributed by atoms with van der Waals surface area (Å²) in [5.41, 5.74) is 3.21. The molecule has 0 aliphatic carbocycles. The van der Waals surface area contributed by atoms with Crippen molar-refractivity contribution in [1.29, 1.82) is 0 Å². The first-order valence-corrected chi connectivity index (χ1v) is 7.66. The van der Waals surface area contributed by atoms with Crippen LogP contribution in [0.5, 0.6) is 11.5 Å². The zero-order valence-corrected chi connectivity index (χ0v) is 13.7. The van der Waals surface area contributed by atoms with Gasteiger partial charge in [0.2, 0.25) is 5.16 Å². The van der Waals surface area contributed by atoms with Gasteiger partial charge in [-0.3, -0.25) is 10.2 Å². The van der Waals surface area contributed by atoms with Crippen molar-refractivity contribution in [3.05, 3.63) is 29.6 Å². The first-order valence-electron chi connectivity index (χ1n) is 6.68. The van der Waals surface area contributed by atoms with Crippen LogP contribution in [-0.4, -0.2) is 40.8 Å². The SMILES string of the molecule is CCSc1nnc(C)n1NC(=O)c1cc(OC)cc(OC)c1. The molecule has 0 bridgehead atoms. The van der Waals surface area contributed by atoms with Gasteiger partial charge in [-0.15, -0.1) is 10.2 Å². The number of aromatic nitrogens is 3. The number of carbonyl (C=O) groups excluding carboxylic acids is 1. The molecule has 0 unspecified atom stereocenters. The van der Waals surface area contributed by atoms with Gasteiger partial charge in [0, 0.05) is 11.6 Å². The second-order valence-corrected chi connectivity index (χ2v) is 5.57. The van der Waals surface area contributed by atoms with E-state index in [0.29, 0.717) is 28.0 Å². The maximum Gasteiger partial charge on any atom is 0.270 e. The van der Waals surface area contributed by atoms with Gasteiger partial charge in [0.25, 0.3) is 5.91 Å². The number of nitrogens with one attached hydrogen (secondary N) is 1. The molecule has 2 rings (SSSR count). The molecule has 8 heteroatoms. The molecule has 0 radical (unpaired) electrons. The van der Waals surface area contributed by atoms with E-state index in [0.717, 1.165) is 5.75 Å². The molecule has 0 spiro atoms. The molecular formula is C14H18N4O3S. The molecule has 118 valence electrons. The van der Waals surface area contributed by atoms with Crippen molar-refractivity contribution in [2.75, 3.05) is 25.4 Å². The number of hydrogen-bond donors (Lipinski definition) is 1. The Balaban J connectivity index is 2.27. The van der Waals surface area contributed by atoms with E-state index >= 15 is 0 Å². The average molecular weight is 322 g/mol. The van der Waals surface area contributed by atoms with Crippen LogP contribution in [0.25, 0.3) is 0 Å². The van der Waals surface area contributed by atoms with Crippen LogP contribution in [0.1, 0.15) is 23.1 Å². The molecule has 0 aliphatic heterocycles. The fourth-order valence-electron chi connectivity index (χ4n) is 1.80. The zero-order valence-electron chi connectivity index (χ0n) is 12.9. The number of hydrogen-bond acceptors (Lipinski definition) is 6. The molecule has 22 heavy (non-hydrogen) atoms. The van der Waals surface area contributed by atoms with Crippen LogP contribution >= 0.6 is 11.8 Å². The predicted octanol–water partition coefficient (Wildman–Crippen LogP) is 2.10. The van der Waals surface area contributed by atoms with E-state index in [9.17, 15) is 4.79 Å². The monoisotopic (exact) mass is 322 g/mol. The number of thioether (sulfide) groups is 1. The smallest absolute Gasteiger partial charge is 0.270 e. The first kappa shape index (κ1) is 16.2. The van der Waals surface area contributed by atoms with Crippen LogP contribution in [0, 0.1) is 6.92 Å². The molecule has 0 saturated heterocycles. The molecule has 0 saturated carbocycles. The normalized spacial score (nSPS) is 10.4. The summed E-state index contributed by atoms with van der Waals surface area (Å²) in [6.45, 7) is 3.78. The number of amides is 1. The lowest BCUT2D eigenvalue weighted by Gasteiger charge is -2.11. The van der Waals surface area contributed by atoms with E-state index in [1.807, 2.05) is 6.92 Å². The fraction of sp³-hybridized carbons (Fsp3) is 0.357. The van der Waals surface area contributed by atoms with Crippen molar-refractivity contribution in [1.82, 2.24) is 14.9 Å². The lowest BCUT2D eigenvalue weighted by molar-refractivity contribution is 0.100. The van der Waals surface area contributed by atoms with Crippen LogP contribution in [0.4, 0.5) is 0 Å². The molecule has 1 heterocycles. The molecule has 1 amide bonds. The van der Waals surface area contributed by atoms with Gasteiger partial charge in [0.15, 0.2) is 0 Å². The number of nitrogens with zero attached hydrogens (tertiary/aromatic N) is 3. The summed E-state index contributed by atoms with van der Waals surface area (Å²) in [6.07, 6.45) is 0. The summed E-state index contributed by atoms with van der Waals surface area (Å²) < 4.78 is 11.9. The standard InChI is InChI=1S/C14H18N4O3S/c1-5-22-14-16-15-9(2)18(14)17-13(19)10-6-11(20-3)8-12(7-10)21-4/h6-8H,5H2,1-4H3,(H,17,19). The highest BCUT2D eigenvalue weighted by molar-refractivity contribution is 7.99. The zero-order chi connectivity index (χ0) is 16.1. The number of benzene rings is 1. The van der Waals surface area contributed by atoms with Crippen molar-refractivity contribution in [2.45, 2.75) is 19.0 Å². The van der Waals surface area contributed by atoms with Crippen molar-refractivity contribution in [2.24, 2.45) is 0 Å². The topological polar surface area (TPSA) is 78.3 Å². The van der Waals surface area contributed by atoms with Crippen molar-refractivity contribution in [3.63, 3.8) is 0 Å². The van der Waals surface area contributed by atoms with Crippen LogP contribution in [0.2, 0.25) is 0 Å². The first-order chi connectivity index (χ1) is 10.6. The third-order valence-electron chi connectivity index (χ3n) is 2.90. The lowest BCUT2D eigenvalue weighted by Crippen LogP contribution is -2.24. The number of carbonyl (C=O) groups is 1. The van der Waals surface area contributed by atoms with Crippen LogP contribution < -0.4 is 14.9 Å². The average Bonchev–Trinajstić information content (AvgIpc) is 2.87. The Morgan fingerprint density at radius 3 is 2.41 bits per heavy atom. The van der Waals surface area contributed by atoms with Gasteiger partial charge in [-0.2, -0.15) is 0 Å². The molecule has 1 N–H and O–H groups in total. The van der Waals surface area contributed by atoms with Crippen molar-refractivity contribution in [3.8, 4) is 11.5 Å². The number of ether oxygens (including phenoxy) is 2. The third kappa shape index (κ3) is 3.51. The molecule has 0 fully saturated rings. The molecular weight excluding hydrogens is 304 g/mol. The molecule has 0 aliphatic rings. The number of methoxy groups -OCH3 is 2. The van der Waals surface area contributed by atoms with E-state index in [2.05, 4.69) is 15.6 Å². The summed E-state index contributed by atoms with van der Waals surface area (Å²) in [4.78, 5) is 12.4. The highest BCUT2D eigenvalue weighted by atomic mass is 32.2. The highest BCUT2D eigenvalue weighted by Gasteiger charge is 2.14. The fourth-order valence-corrected chi connectivity index (χ4v) is 2.46. The number of rotatable bonds is 6. The third-order valence-corrected chi connectivity index (χ3v) is 3.71. The van der Waals surface area contributed by atoms with Gasteiger partial charge >= 0.3 is 0 Å². The summed E-state index contributed by atoms with van der Waals surface area (Å²) in [6, 6.07) is 4.99. The van der Waals surface area contributed by atoms with Gasteiger partial charge in [0.1, 0.15) is 17.3 Å². The van der Waals surface area contributed by atoms with Crippen LogP contribution in [0.15, 0.2) is 23.4 Å². The second kappa shape index (κ2) is 7.17. The van der Waals surface area contributed by atoms with Crippen LogP contribution in [-0.2, 0) is 0 Å². The van der Waals surface area contributed by atoms with E-state index in [1.165, 1.54) is 26.0 Å². The Morgan fingerprint density at radius 1 is 1.23 bits per heavy atom.